The summed E-state index contributed by atoms with van der Waals surface area (Å²) < 4.78 is 45.5. The number of carbonyl (C=O) groups is 5. The average molecular weight is 621 g/mol. The van der Waals surface area contributed by atoms with Gasteiger partial charge in [0, 0.05) is 26.3 Å². The van der Waals surface area contributed by atoms with Crippen molar-refractivity contribution < 1.29 is 56.8 Å². The minimum absolute atomic E-state index is 0.0506. The number of aryl methyl sites for hydroxylation is 2. The summed E-state index contributed by atoms with van der Waals surface area (Å²) in [5.41, 5.74) is 1.40. The van der Waals surface area contributed by atoms with Gasteiger partial charge in [0.2, 0.25) is 0 Å². The minimum atomic E-state index is -1.25. The number of carbonyl (C=O) groups excluding carboxylic acids is 5. The molecule has 10 nitrogen and oxygen atoms in total. The summed E-state index contributed by atoms with van der Waals surface area (Å²) >= 11 is 0. The molecule has 0 saturated carbocycles. The number of esters is 5. The maximum absolute atomic E-state index is 13.6. The van der Waals surface area contributed by atoms with Gasteiger partial charge >= 0.3 is 29.8 Å². The van der Waals surface area contributed by atoms with Crippen molar-refractivity contribution in [2.45, 2.75) is 60.7 Å². The maximum atomic E-state index is 13.6. The van der Waals surface area contributed by atoms with Gasteiger partial charge in [-0.05, 0) is 56.5 Å². The van der Waals surface area contributed by atoms with Crippen LogP contribution in [0, 0.1) is 25.5 Å². The second kappa shape index (κ2) is 19.5. The molecule has 2 unspecified atom stereocenters. The Morgan fingerprint density at radius 3 is 1.50 bits per heavy atom. The van der Waals surface area contributed by atoms with Crippen molar-refractivity contribution >= 4 is 29.8 Å². The fraction of sp³-hybridized carbons (Fsp3) is 0.344. The Labute approximate surface area is 255 Å². The smallest absolute Gasteiger partial charge is 0.337 e. The minimum Gasteiger partial charge on any atom is -0.463 e. The zero-order valence-corrected chi connectivity index (χ0v) is 25.8. The summed E-state index contributed by atoms with van der Waals surface area (Å²) in [7, 11) is 0. The van der Waals surface area contributed by atoms with Crippen LogP contribution in [0.4, 0.5) is 8.78 Å². The first-order valence-corrected chi connectivity index (χ1v) is 13.2. The van der Waals surface area contributed by atoms with Crippen LogP contribution in [-0.2, 0) is 42.9 Å². The van der Waals surface area contributed by atoms with E-state index in [1.165, 1.54) is 39.0 Å². The zero-order valence-electron chi connectivity index (χ0n) is 25.8. The highest BCUT2D eigenvalue weighted by atomic mass is 19.1. The molecule has 0 aromatic heterocycles. The van der Waals surface area contributed by atoms with Gasteiger partial charge < -0.3 is 24.1 Å². The molecule has 0 bridgehead atoms. The largest absolute Gasteiger partial charge is 0.463 e. The number of halogens is 2. The monoisotopic (exact) mass is 620 g/mol. The first-order valence-electron chi connectivity index (χ1n) is 13.2. The second-order valence-electron chi connectivity index (χ2n) is 8.99. The Morgan fingerprint density at radius 1 is 0.727 bits per heavy atom. The molecule has 0 amide bonds. The van der Waals surface area contributed by atoms with Crippen molar-refractivity contribution in [1.82, 2.24) is 0 Å². The Kier molecular flexibility index (Phi) is 17.4. The van der Waals surface area contributed by atoms with Crippen molar-refractivity contribution in [2.75, 3.05) is 13.2 Å². The zero-order chi connectivity index (χ0) is 34.1. The van der Waals surface area contributed by atoms with Gasteiger partial charge in [-0.25, -0.2) is 18.4 Å². The molecule has 12 heteroatoms. The highest BCUT2D eigenvalue weighted by molar-refractivity contribution is 5.90. The van der Waals surface area contributed by atoms with Crippen molar-refractivity contribution in [3.63, 3.8) is 0 Å². The summed E-state index contributed by atoms with van der Waals surface area (Å²) in [6.07, 6.45) is -2.30. The van der Waals surface area contributed by atoms with Crippen LogP contribution in [0.15, 0.2) is 60.7 Å². The number of benzene rings is 2. The molecule has 2 atom stereocenters. The Hall–Kier alpha value is -4.71. The number of aliphatic hydroxyl groups excluding tert-OH is 1. The van der Waals surface area contributed by atoms with Crippen LogP contribution < -0.4 is 0 Å². The lowest BCUT2D eigenvalue weighted by atomic mass is 10.0. The number of ether oxygens (including phenoxy) is 4. The summed E-state index contributed by atoms with van der Waals surface area (Å²) in [6.45, 7) is 17.5. The molecule has 0 radical (unpaired) electrons. The molecule has 44 heavy (non-hydrogen) atoms. The summed E-state index contributed by atoms with van der Waals surface area (Å²) in [5.74, 6) is -3.96. The number of hydrogen-bond acceptors (Lipinski definition) is 10. The Balaban J connectivity index is 0.000000699. The molecule has 240 valence electrons. The van der Waals surface area contributed by atoms with E-state index < -0.39 is 53.7 Å². The quantitative estimate of drug-likeness (QED) is 0.171. The third-order valence-corrected chi connectivity index (χ3v) is 5.30. The second-order valence-corrected chi connectivity index (χ2v) is 8.99. The van der Waals surface area contributed by atoms with Gasteiger partial charge in [-0.15, -0.1) is 0 Å². The normalized spacial score (nSPS) is 11.1. The molecule has 0 spiro atoms. The van der Waals surface area contributed by atoms with E-state index in [-0.39, 0.29) is 29.9 Å². The lowest BCUT2D eigenvalue weighted by molar-refractivity contribution is -0.156. The lowest BCUT2D eigenvalue weighted by Crippen LogP contribution is -2.18. The van der Waals surface area contributed by atoms with Gasteiger partial charge in [0.25, 0.3) is 0 Å². The van der Waals surface area contributed by atoms with E-state index in [0.717, 1.165) is 0 Å². The van der Waals surface area contributed by atoms with Crippen LogP contribution in [-0.4, -0.2) is 48.2 Å². The van der Waals surface area contributed by atoms with Crippen LogP contribution in [0.2, 0.25) is 0 Å². The highest BCUT2D eigenvalue weighted by Crippen LogP contribution is 2.27. The van der Waals surface area contributed by atoms with Crippen LogP contribution in [0.25, 0.3) is 0 Å². The van der Waals surface area contributed by atoms with E-state index in [4.69, 9.17) is 14.2 Å². The van der Waals surface area contributed by atoms with Crippen molar-refractivity contribution in [1.29, 1.82) is 0 Å². The van der Waals surface area contributed by atoms with Gasteiger partial charge in [0.15, 0.2) is 6.10 Å². The lowest BCUT2D eigenvalue weighted by Gasteiger charge is -2.19. The number of rotatable bonds is 9. The fourth-order valence-electron chi connectivity index (χ4n) is 3.13. The van der Waals surface area contributed by atoms with Gasteiger partial charge in [0.1, 0.15) is 17.7 Å². The molecule has 2 rings (SSSR count). The molecule has 0 heterocycles. The van der Waals surface area contributed by atoms with Gasteiger partial charge in [0.05, 0.1) is 24.4 Å². The first-order chi connectivity index (χ1) is 20.5. The van der Waals surface area contributed by atoms with E-state index in [1.54, 1.807) is 45.9 Å². The molecule has 2 aromatic carbocycles. The van der Waals surface area contributed by atoms with Crippen molar-refractivity contribution in [2.24, 2.45) is 0 Å². The van der Waals surface area contributed by atoms with Gasteiger partial charge in [-0.3, -0.25) is 14.4 Å². The molecular formula is C32H38F2O10. The van der Waals surface area contributed by atoms with Crippen LogP contribution in [0.1, 0.15) is 69.1 Å². The third kappa shape index (κ3) is 14.0. The van der Waals surface area contributed by atoms with E-state index in [1.807, 2.05) is 0 Å². The summed E-state index contributed by atoms with van der Waals surface area (Å²) in [4.78, 5) is 53.8. The molecule has 0 aliphatic heterocycles. The van der Waals surface area contributed by atoms with Crippen molar-refractivity contribution in [3.8, 4) is 0 Å². The van der Waals surface area contributed by atoms with Gasteiger partial charge in [-0.1, -0.05) is 37.4 Å². The topological polar surface area (TPSA) is 142 Å². The standard InChI is InChI=1S/C15H17FO4.C13H15FO3.C4H6O3/c1-5-19-15(18)10(3)14(20-11(4)17)12-7-6-9(2)13(16)8-12;1-4-17-13(16)9(3)12(15)10-6-5-8(2)11(14)7-10;1-3(5)7-4(2)6/h6-8,14H,3,5H2,1-2,4H3;5-7,12,15H,3-4H2,1-2H3;1-2H3. The Bertz CT molecular complexity index is 1350. The van der Waals surface area contributed by atoms with Gasteiger partial charge in [-0.2, -0.15) is 0 Å². The molecule has 0 aliphatic carbocycles. The SMILES string of the molecule is C=C(C(=O)OCC)C(O)c1ccc(C)c(F)c1.C=C(C(=O)OCC)C(OC(C)=O)c1ccc(C)c(F)c1.CC(=O)OC(C)=O. The molecule has 0 fully saturated rings. The highest BCUT2D eigenvalue weighted by Gasteiger charge is 2.25. The third-order valence-electron chi connectivity index (χ3n) is 5.30. The number of aliphatic hydroxyl groups is 1. The maximum Gasteiger partial charge on any atom is 0.337 e. The molecule has 2 aromatic rings. The summed E-state index contributed by atoms with van der Waals surface area (Å²) in [6, 6.07) is 8.60. The van der Waals surface area contributed by atoms with E-state index in [9.17, 15) is 37.9 Å². The first kappa shape index (κ1) is 39.3. The molecule has 1 N–H and O–H groups in total. The number of hydrogen-bond donors (Lipinski definition) is 1. The van der Waals surface area contributed by atoms with Crippen LogP contribution in [0.3, 0.4) is 0 Å². The summed E-state index contributed by atoms with van der Waals surface area (Å²) in [5, 5.41) is 9.83. The van der Waals surface area contributed by atoms with Crippen LogP contribution in [0.5, 0.6) is 0 Å². The van der Waals surface area contributed by atoms with E-state index >= 15 is 0 Å². The van der Waals surface area contributed by atoms with Crippen molar-refractivity contribution in [3.05, 3.63) is 94.6 Å². The van der Waals surface area contributed by atoms with Crippen LogP contribution >= 0.6 is 0 Å². The molecule has 0 saturated heterocycles. The predicted octanol–water partition coefficient (Wildman–Crippen LogP) is 5.24. The predicted molar refractivity (Wildman–Crippen MR) is 156 cm³/mol. The molecule has 0 aliphatic rings. The molecular weight excluding hydrogens is 582 g/mol. The average Bonchev–Trinajstić information content (AvgIpc) is 2.93. The van der Waals surface area contributed by atoms with E-state index in [0.29, 0.717) is 16.7 Å². The Morgan fingerprint density at radius 2 is 1.14 bits per heavy atom. The van der Waals surface area contributed by atoms with E-state index in [2.05, 4.69) is 17.9 Å². The fourth-order valence-corrected chi connectivity index (χ4v) is 3.13.